The van der Waals surface area contributed by atoms with Gasteiger partial charge < -0.3 is 5.32 Å². The van der Waals surface area contributed by atoms with E-state index in [0.29, 0.717) is 24.1 Å². The Hall–Kier alpha value is -3.00. The molecule has 0 fully saturated rings. The van der Waals surface area contributed by atoms with E-state index in [0.717, 1.165) is 11.1 Å². The van der Waals surface area contributed by atoms with Gasteiger partial charge in [0.15, 0.2) is 11.0 Å². The molecular formula is C20H18F2N4OS. The standard InChI is InChI=1S/C20H18F2N4OS/c1-2-11-26-19(15-5-9-17(22)10-6-15)24-25-20(26)28-13-18(27)23-12-14-3-7-16(21)8-4-14/h2-10H,1,11-13H2,(H,23,27). The van der Waals surface area contributed by atoms with Crippen molar-refractivity contribution in [3.05, 3.63) is 78.4 Å². The van der Waals surface area contributed by atoms with Crippen molar-refractivity contribution in [2.75, 3.05) is 5.75 Å². The van der Waals surface area contributed by atoms with Crippen LogP contribution in [0.4, 0.5) is 8.78 Å². The lowest BCUT2D eigenvalue weighted by atomic mass is 10.2. The van der Waals surface area contributed by atoms with Crippen LogP contribution in [0.1, 0.15) is 5.56 Å². The van der Waals surface area contributed by atoms with Crippen LogP contribution in [-0.4, -0.2) is 26.4 Å². The smallest absolute Gasteiger partial charge is 0.230 e. The molecule has 0 unspecified atom stereocenters. The minimum absolute atomic E-state index is 0.153. The molecule has 0 spiro atoms. The van der Waals surface area contributed by atoms with Gasteiger partial charge in [-0.25, -0.2) is 8.78 Å². The number of halogens is 2. The fraction of sp³-hybridized carbons (Fsp3) is 0.150. The van der Waals surface area contributed by atoms with Gasteiger partial charge in [-0.2, -0.15) is 0 Å². The zero-order chi connectivity index (χ0) is 19.9. The third-order valence-electron chi connectivity index (χ3n) is 3.87. The van der Waals surface area contributed by atoms with Crippen molar-refractivity contribution in [1.82, 2.24) is 20.1 Å². The summed E-state index contributed by atoms with van der Waals surface area (Å²) in [6.45, 7) is 4.52. The van der Waals surface area contributed by atoms with E-state index in [1.807, 2.05) is 4.57 Å². The Morgan fingerprint density at radius 2 is 1.71 bits per heavy atom. The topological polar surface area (TPSA) is 59.8 Å². The summed E-state index contributed by atoms with van der Waals surface area (Å²) in [7, 11) is 0. The van der Waals surface area contributed by atoms with Crippen molar-refractivity contribution in [3.63, 3.8) is 0 Å². The number of carbonyl (C=O) groups excluding carboxylic acids is 1. The van der Waals surface area contributed by atoms with E-state index < -0.39 is 0 Å². The molecule has 0 saturated heterocycles. The largest absolute Gasteiger partial charge is 0.351 e. The van der Waals surface area contributed by atoms with E-state index in [1.165, 1.54) is 36.0 Å². The minimum atomic E-state index is -0.328. The van der Waals surface area contributed by atoms with Crippen LogP contribution >= 0.6 is 11.8 Å². The van der Waals surface area contributed by atoms with Crippen molar-refractivity contribution < 1.29 is 13.6 Å². The predicted octanol–water partition coefficient (Wildman–Crippen LogP) is 3.82. The number of hydrogen-bond donors (Lipinski definition) is 1. The second-order valence-corrected chi connectivity index (χ2v) is 6.85. The van der Waals surface area contributed by atoms with Crippen LogP contribution < -0.4 is 5.32 Å². The molecule has 1 heterocycles. The molecule has 0 aliphatic rings. The third kappa shape index (κ3) is 5.04. The molecule has 2 aromatic carbocycles. The first kappa shape index (κ1) is 19.8. The Balaban J connectivity index is 1.63. The zero-order valence-corrected chi connectivity index (χ0v) is 15.8. The highest BCUT2D eigenvalue weighted by molar-refractivity contribution is 7.99. The number of amides is 1. The molecule has 0 aliphatic carbocycles. The van der Waals surface area contributed by atoms with Crippen LogP contribution in [0.2, 0.25) is 0 Å². The number of allylic oxidation sites excluding steroid dienone is 1. The monoisotopic (exact) mass is 400 g/mol. The molecule has 0 saturated carbocycles. The first-order valence-electron chi connectivity index (χ1n) is 8.51. The fourth-order valence-corrected chi connectivity index (χ4v) is 3.26. The van der Waals surface area contributed by atoms with Crippen LogP contribution in [-0.2, 0) is 17.9 Å². The highest BCUT2D eigenvalue weighted by Gasteiger charge is 2.15. The van der Waals surface area contributed by atoms with Gasteiger partial charge in [-0.1, -0.05) is 30.0 Å². The summed E-state index contributed by atoms with van der Waals surface area (Å²) in [4.78, 5) is 12.1. The van der Waals surface area contributed by atoms with Crippen molar-refractivity contribution >= 4 is 17.7 Å². The average molecular weight is 400 g/mol. The minimum Gasteiger partial charge on any atom is -0.351 e. The molecule has 3 rings (SSSR count). The quantitative estimate of drug-likeness (QED) is 0.461. The molecule has 0 atom stereocenters. The first-order chi connectivity index (χ1) is 13.6. The second kappa shape index (κ2) is 9.27. The molecule has 3 aromatic rings. The SMILES string of the molecule is C=CCn1c(SCC(=O)NCc2ccc(F)cc2)nnc1-c1ccc(F)cc1. The molecule has 0 aliphatic heterocycles. The normalized spacial score (nSPS) is 10.6. The average Bonchev–Trinajstić information content (AvgIpc) is 3.09. The van der Waals surface area contributed by atoms with Crippen LogP contribution in [0.5, 0.6) is 0 Å². The van der Waals surface area contributed by atoms with Gasteiger partial charge in [0, 0.05) is 18.7 Å². The zero-order valence-electron chi connectivity index (χ0n) is 14.9. The molecule has 8 heteroatoms. The Kier molecular flexibility index (Phi) is 6.54. The summed E-state index contributed by atoms with van der Waals surface area (Å²) in [6.07, 6.45) is 1.70. The Bertz CT molecular complexity index is 955. The summed E-state index contributed by atoms with van der Waals surface area (Å²) in [5.41, 5.74) is 1.54. The maximum Gasteiger partial charge on any atom is 0.230 e. The molecule has 144 valence electrons. The van der Waals surface area contributed by atoms with Gasteiger partial charge in [-0.3, -0.25) is 9.36 Å². The van der Waals surface area contributed by atoms with Gasteiger partial charge in [0.2, 0.25) is 5.91 Å². The van der Waals surface area contributed by atoms with Crippen LogP contribution in [0, 0.1) is 11.6 Å². The molecular weight excluding hydrogens is 382 g/mol. The highest BCUT2D eigenvalue weighted by atomic mass is 32.2. The number of nitrogens with one attached hydrogen (secondary N) is 1. The van der Waals surface area contributed by atoms with Gasteiger partial charge >= 0.3 is 0 Å². The maximum absolute atomic E-state index is 13.2. The van der Waals surface area contributed by atoms with Crippen molar-refractivity contribution in [2.24, 2.45) is 0 Å². The lowest BCUT2D eigenvalue weighted by molar-refractivity contribution is -0.118. The molecule has 1 amide bonds. The van der Waals surface area contributed by atoms with Crippen molar-refractivity contribution in [3.8, 4) is 11.4 Å². The molecule has 1 aromatic heterocycles. The van der Waals surface area contributed by atoms with E-state index in [9.17, 15) is 13.6 Å². The number of aromatic nitrogens is 3. The Morgan fingerprint density at radius 1 is 1.07 bits per heavy atom. The Morgan fingerprint density at radius 3 is 2.36 bits per heavy atom. The number of nitrogens with zero attached hydrogens (tertiary/aromatic N) is 3. The van der Waals surface area contributed by atoms with Gasteiger partial charge in [-0.15, -0.1) is 16.8 Å². The van der Waals surface area contributed by atoms with Crippen LogP contribution in [0.25, 0.3) is 11.4 Å². The van der Waals surface area contributed by atoms with E-state index in [2.05, 4.69) is 22.1 Å². The van der Waals surface area contributed by atoms with E-state index >= 15 is 0 Å². The van der Waals surface area contributed by atoms with E-state index in [4.69, 9.17) is 0 Å². The van der Waals surface area contributed by atoms with Crippen molar-refractivity contribution in [2.45, 2.75) is 18.2 Å². The lowest BCUT2D eigenvalue weighted by Gasteiger charge is -2.08. The van der Waals surface area contributed by atoms with E-state index in [1.54, 1.807) is 30.3 Å². The number of rotatable bonds is 8. The summed E-state index contributed by atoms with van der Waals surface area (Å²) >= 11 is 1.25. The maximum atomic E-state index is 13.2. The lowest BCUT2D eigenvalue weighted by Crippen LogP contribution is -2.24. The summed E-state index contributed by atoms with van der Waals surface area (Å²) in [5.74, 6) is -0.0880. The first-order valence-corrected chi connectivity index (χ1v) is 9.49. The number of carbonyl (C=O) groups is 1. The molecule has 1 N–H and O–H groups in total. The number of benzene rings is 2. The molecule has 28 heavy (non-hydrogen) atoms. The van der Waals surface area contributed by atoms with E-state index in [-0.39, 0.29) is 23.3 Å². The highest BCUT2D eigenvalue weighted by Crippen LogP contribution is 2.24. The predicted molar refractivity (Wildman–Crippen MR) is 105 cm³/mol. The van der Waals surface area contributed by atoms with Crippen LogP contribution in [0.3, 0.4) is 0 Å². The summed E-state index contributed by atoms with van der Waals surface area (Å²) in [6, 6.07) is 11.9. The molecule has 5 nitrogen and oxygen atoms in total. The number of thioether (sulfide) groups is 1. The van der Waals surface area contributed by atoms with Gasteiger partial charge in [0.05, 0.1) is 5.75 Å². The summed E-state index contributed by atoms with van der Waals surface area (Å²) in [5, 5.41) is 11.7. The fourth-order valence-electron chi connectivity index (χ4n) is 2.49. The van der Waals surface area contributed by atoms with Gasteiger partial charge in [-0.05, 0) is 42.0 Å². The van der Waals surface area contributed by atoms with Gasteiger partial charge in [0.25, 0.3) is 0 Å². The molecule has 0 radical (unpaired) electrons. The van der Waals surface area contributed by atoms with Crippen LogP contribution in [0.15, 0.2) is 66.3 Å². The second-order valence-electron chi connectivity index (χ2n) is 5.90. The van der Waals surface area contributed by atoms with Gasteiger partial charge in [0.1, 0.15) is 11.6 Å². The number of hydrogen-bond acceptors (Lipinski definition) is 4. The Labute approximate surface area is 165 Å². The third-order valence-corrected chi connectivity index (χ3v) is 4.83. The summed E-state index contributed by atoms with van der Waals surface area (Å²) < 4.78 is 27.9. The van der Waals surface area contributed by atoms with Crippen molar-refractivity contribution in [1.29, 1.82) is 0 Å². The molecule has 0 bridgehead atoms.